The third kappa shape index (κ3) is 3.58. The van der Waals surface area contributed by atoms with Crippen molar-refractivity contribution in [3.05, 3.63) is 61.4 Å². The van der Waals surface area contributed by atoms with Crippen molar-refractivity contribution in [3.8, 4) is 0 Å². The van der Waals surface area contributed by atoms with Crippen LogP contribution in [0.5, 0.6) is 0 Å². The van der Waals surface area contributed by atoms with Crippen LogP contribution in [0.1, 0.15) is 5.56 Å². The summed E-state index contributed by atoms with van der Waals surface area (Å²) < 4.78 is 0. The van der Waals surface area contributed by atoms with Crippen LogP contribution in [0.2, 0.25) is 0 Å². The summed E-state index contributed by atoms with van der Waals surface area (Å²) in [6.45, 7) is 1.54. The van der Waals surface area contributed by atoms with Gasteiger partial charge in [0.25, 0.3) is 0 Å². The first-order valence-corrected chi connectivity index (χ1v) is 6.00. The molecule has 0 aliphatic heterocycles. The Bertz CT molecular complexity index is 378. The minimum absolute atomic E-state index is 0.576. The Morgan fingerprint density at radius 2 is 1.72 bits per heavy atom. The van der Waals surface area contributed by atoms with Crippen LogP contribution in [0.15, 0.2) is 24.3 Å². The highest BCUT2D eigenvalue weighted by molar-refractivity contribution is 6.59. The lowest BCUT2D eigenvalue weighted by atomic mass is 9.77. The number of benzene rings is 1. The molecule has 93 valence electrons. The molecule has 1 aliphatic rings. The fourth-order valence-corrected chi connectivity index (χ4v) is 2.11. The Labute approximate surface area is 110 Å². The molecule has 4 heteroatoms. The summed E-state index contributed by atoms with van der Waals surface area (Å²) in [6, 6.07) is 7.40. The number of hydrogen-bond donors (Lipinski definition) is 2. The van der Waals surface area contributed by atoms with E-state index in [-0.39, 0.29) is 0 Å². The summed E-state index contributed by atoms with van der Waals surface area (Å²) in [7, 11) is 0.613. The highest BCUT2D eigenvalue weighted by Gasteiger charge is 2.20. The molecule has 1 aliphatic carbocycles. The molecule has 1 fully saturated rings. The zero-order valence-corrected chi connectivity index (χ0v) is 10.5. The van der Waals surface area contributed by atoms with Gasteiger partial charge in [0, 0.05) is 13.1 Å². The SMILES string of the molecule is CN(C[C]1[CH][CH][CH][CH]1)Cc1ccccc1B(O)O. The molecule has 1 aromatic carbocycles. The van der Waals surface area contributed by atoms with Gasteiger partial charge in [-0.05, 0) is 49.7 Å². The Morgan fingerprint density at radius 3 is 2.39 bits per heavy atom. The van der Waals surface area contributed by atoms with E-state index >= 15 is 0 Å². The molecule has 2 N–H and O–H groups in total. The lowest BCUT2D eigenvalue weighted by molar-refractivity contribution is 0.345. The molecule has 0 unspecified atom stereocenters. The van der Waals surface area contributed by atoms with Crippen molar-refractivity contribution in [3.63, 3.8) is 0 Å². The Hall–Kier alpha value is -0.835. The molecular weight excluding hydrogens is 225 g/mol. The van der Waals surface area contributed by atoms with Gasteiger partial charge in [-0.1, -0.05) is 24.3 Å². The van der Waals surface area contributed by atoms with Crippen LogP contribution < -0.4 is 5.46 Å². The second kappa shape index (κ2) is 6.37. The van der Waals surface area contributed by atoms with Crippen LogP contribution in [0.4, 0.5) is 0 Å². The first-order chi connectivity index (χ1) is 8.66. The van der Waals surface area contributed by atoms with Crippen molar-refractivity contribution in [1.29, 1.82) is 0 Å². The average Bonchev–Trinajstić information content (AvgIpc) is 2.82. The Balaban J connectivity index is 1.95. The van der Waals surface area contributed by atoms with Crippen LogP contribution in [-0.4, -0.2) is 35.7 Å². The van der Waals surface area contributed by atoms with E-state index in [2.05, 4.69) is 17.7 Å². The minimum Gasteiger partial charge on any atom is -0.423 e. The topological polar surface area (TPSA) is 43.7 Å². The molecule has 0 bridgehead atoms. The second-order valence-electron chi connectivity index (χ2n) is 4.54. The molecule has 1 aromatic rings. The van der Waals surface area contributed by atoms with Gasteiger partial charge in [0.15, 0.2) is 0 Å². The second-order valence-corrected chi connectivity index (χ2v) is 4.54. The molecule has 18 heavy (non-hydrogen) atoms. The quantitative estimate of drug-likeness (QED) is 0.725. The molecule has 0 heterocycles. The molecule has 3 nitrogen and oxygen atoms in total. The molecule has 5 radical (unpaired) electrons. The highest BCUT2D eigenvalue weighted by atomic mass is 16.4. The van der Waals surface area contributed by atoms with Gasteiger partial charge in [-0.3, -0.25) is 0 Å². The summed E-state index contributed by atoms with van der Waals surface area (Å²) in [5.74, 6) is 1.26. The van der Waals surface area contributed by atoms with E-state index in [9.17, 15) is 10.0 Å². The number of rotatable bonds is 5. The van der Waals surface area contributed by atoms with Gasteiger partial charge in [0.1, 0.15) is 0 Å². The molecule has 2 rings (SSSR count). The standard InChI is InChI=1S/C14H17BNO2/c1-16(10-12-6-2-3-7-12)11-13-8-4-5-9-14(13)15(17)18/h2-9,17-18H,10-11H2,1H3. The summed E-state index contributed by atoms with van der Waals surface area (Å²) in [5, 5.41) is 18.6. The largest absolute Gasteiger partial charge is 0.488 e. The average molecular weight is 242 g/mol. The maximum Gasteiger partial charge on any atom is 0.488 e. The van der Waals surface area contributed by atoms with E-state index in [4.69, 9.17) is 0 Å². The summed E-state index contributed by atoms with van der Waals surface area (Å²) >= 11 is 0. The number of nitrogens with zero attached hydrogens (tertiary/aromatic N) is 1. The zero-order chi connectivity index (χ0) is 13.0. The van der Waals surface area contributed by atoms with E-state index in [1.54, 1.807) is 6.07 Å². The van der Waals surface area contributed by atoms with E-state index in [0.29, 0.717) is 12.0 Å². The van der Waals surface area contributed by atoms with Gasteiger partial charge >= 0.3 is 7.12 Å². The van der Waals surface area contributed by atoms with Crippen molar-refractivity contribution in [2.45, 2.75) is 6.54 Å². The molecule has 0 aromatic heterocycles. The summed E-state index contributed by atoms with van der Waals surface area (Å²) in [6.07, 6.45) is 8.22. The van der Waals surface area contributed by atoms with Crippen molar-refractivity contribution >= 4 is 12.6 Å². The maximum atomic E-state index is 9.31. The van der Waals surface area contributed by atoms with E-state index in [1.807, 2.05) is 38.1 Å². The van der Waals surface area contributed by atoms with Gasteiger partial charge < -0.3 is 14.9 Å². The van der Waals surface area contributed by atoms with Crippen LogP contribution >= 0.6 is 0 Å². The van der Waals surface area contributed by atoms with Crippen molar-refractivity contribution in [2.75, 3.05) is 13.6 Å². The molecule has 0 amide bonds. The van der Waals surface area contributed by atoms with Crippen LogP contribution in [0.3, 0.4) is 0 Å². The van der Waals surface area contributed by atoms with Gasteiger partial charge in [-0.25, -0.2) is 0 Å². The normalized spacial score (nSPS) is 16.4. The molecule has 0 saturated heterocycles. The monoisotopic (exact) mass is 242 g/mol. The van der Waals surface area contributed by atoms with Crippen LogP contribution in [-0.2, 0) is 6.54 Å². The number of hydrogen-bond acceptors (Lipinski definition) is 3. The third-order valence-electron chi connectivity index (χ3n) is 2.96. The predicted octanol–water partition coefficient (Wildman–Crippen LogP) is 0.203. The van der Waals surface area contributed by atoms with Gasteiger partial charge in [0.2, 0.25) is 0 Å². The predicted molar refractivity (Wildman–Crippen MR) is 73.0 cm³/mol. The minimum atomic E-state index is -1.41. The summed E-state index contributed by atoms with van der Waals surface area (Å²) in [5.41, 5.74) is 1.52. The fraction of sp³-hybridized carbons (Fsp3) is 0.214. The highest BCUT2D eigenvalue weighted by Crippen LogP contribution is 2.23. The lowest BCUT2D eigenvalue weighted by Gasteiger charge is -2.21. The smallest absolute Gasteiger partial charge is 0.423 e. The van der Waals surface area contributed by atoms with Crippen LogP contribution in [0, 0.1) is 31.6 Å². The van der Waals surface area contributed by atoms with Crippen molar-refractivity contribution in [2.24, 2.45) is 0 Å². The van der Waals surface area contributed by atoms with Gasteiger partial charge in [-0.2, -0.15) is 0 Å². The van der Waals surface area contributed by atoms with Crippen LogP contribution in [0.25, 0.3) is 0 Å². The molecule has 0 atom stereocenters. The first-order valence-electron chi connectivity index (χ1n) is 6.00. The molecular formula is C14H17BNO2. The van der Waals surface area contributed by atoms with Crippen molar-refractivity contribution in [1.82, 2.24) is 4.90 Å². The third-order valence-corrected chi connectivity index (χ3v) is 2.96. The fourth-order valence-electron chi connectivity index (χ4n) is 2.11. The molecule has 0 spiro atoms. The van der Waals surface area contributed by atoms with E-state index < -0.39 is 7.12 Å². The zero-order valence-electron chi connectivity index (χ0n) is 10.5. The maximum absolute atomic E-state index is 9.31. The Morgan fingerprint density at radius 1 is 1.06 bits per heavy atom. The first kappa shape index (κ1) is 13.6. The summed E-state index contributed by atoms with van der Waals surface area (Å²) in [4.78, 5) is 2.15. The van der Waals surface area contributed by atoms with E-state index in [0.717, 1.165) is 12.1 Å². The van der Waals surface area contributed by atoms with Gasteiger partial charge in [-0.15, -0.1) is 0 Å². The van der Waals surface area contributed by atoms with Crippen molar-refractivity contribution < 1.29 is 10.0 Å². The van der Waals surface area contributed by atoms with E-state index in [1.165, 1.54) is 5.92 Å². The Kier molecular flexibility index (Phi) is 4.81. The lowest BCUT2D eigenvalue weighted by Crippen LogP contribution is -2.35. The van der Waals surface area contributed by atoms with Gasteiger partial charge in [0.05, 0.1) is 0 Å². The molecule has 1 saturated carbocycles.